The van der Waals surface area contributed by atoms with Crippen molar-refractivity contribution in [3.05, 3.63) is 30.1 Å². The third-order valence-electron chi connectivity index (χ3n) is 4.59. The van der Waals surface area contributed by atoms with Crippen molar-refractivity contribution < 1.29 is 9.18 Å². The van der Waals surface area contributed by atoms with E-state index in [0.717, 1.165) is 44.7 Å². The fraction of sp³-hybridized carbons (Fsp3) is 0.529. The molecule has 0 spiro atoms. The first kappa shape index (κ1) is 19.7. The van der Waals surface area contributed by atoms with Crippen molar-refractivity contribution in [2.45, 2.75) is 25.3 Å². The summed E-state index contributed by atoms with van der Waals surface area (Å²) in [5.74, 6) is 0.421. The zero-order chi connectivity index (χ0) is 16.9. The maximum atomic E-state index is 13.0. The Morgan fingerprint density at radius 1 is 1.24 bits per heavy atom. The first-order valence-electron chi connectivity index (χ1n) is 8.46. The molecule has 138 valence electrons. The van der Waals surface area contributed by atoms with Gasteiger partial charge in [-0.1, -0.05) is 0 Å². The van der Waals surface area contributed by atoms with Crippen LogP contribution in [0.4, 0.5) is 10.1 Å². The highest BCUT2D eigenvalue weighted by molar-refractivity contribution is 14.0. The normalized spacial score (nSPS) is 21.6. The maximum Gasteiger partial charge on any atom is 0.220 e. The van der Waals surface area contributed by atoms with Crippen molar-refractivity contribution in [3.8, 4) is 0 Å². The molecule has 1 aromatic rings. The molecule has 2 aliphatic heterocycles. The van der Waals surface area contributed by atoms with Crippen molar-refractivity contribution in [2.75, 3.05) is 37.6 Å². The number of hydrogen-bond acceptors (Lipinski definition) is 3. The average molecular weight is 461 g/mol. The van der Waals surface area contributed by atoms with Gasteiger partial charge in [-0.25, -0.2) is 4.39 Å². The van der Waals surface area contributed by atoms with Crippen molar-refractivity contribution in [1.82, 2.24) is 10.2 Å². The number of aliphatic imine (C=N–C) groups is 1. The average Bonchev–Trinajstić information content (AvgIpc) is 2.61. The highest BCUT2D eigenvalue weighted by atomic mass is 127. The molecule has 2 aliphatic rings. The number of piperazine rings is 1. The number of nitrogens with zero attached hydrogens (tertiary/aromatic N) is 3. The second kappa shape index (κ2) is 9.21. The summed E-state index contributed by atoms with van der Waals surface area (Å²) in [4.78, 5) is 20.1. The number of carbonyl (C=O) groups excluding carboxylic acids is 1. The second-order valence-corrected chi connectivity index (χ2v) is 6.31. The Morgan fingerprint density at radius 3 is 2.56 bits per heavy atom. The van der Waals surface area contributed by atoms with Crippen LogP contribution in [0.5, 0.6) is 0 Å². The van der Waals surface area contributed by atoms with Crippen molar-refractivity contribution in [2.24, 2.45) is 10.7 Å². The standard InChI is InChI=1S/C17H24FN5O.HI/c18-13-4-6-15(7-5-13)22-8-10-23(11-9-22)17(19)20-12-14-2-1-3-16(24)21-14;/h4-7,14H,1-3,8-12H2,(H2,19,20)(H,21,24);1H. The van der Waals surface area contributed by atoms with E-state index in [2.05, 4.69) is 20.1 Å². The fourth-order valence-electron chi connectivity index (χ4n) is 3.17. The molecule has 6 nitrogen and oxygen atoms in total. The Balaban J connectivity index is 0.00000225. The molecule has 0 bridgehead atoms. The number of carbonyl (C=O) groups is 1. The van der Waals surface area contributed by atoms with E-state index in [1.165, 1.54) is 12.1 Å². The van der Waals surface area contributed by atoms with Crippen LogP contribution in [0.1, 0.15) is 19.3 Å². The highest BCUT2D eigenvalue weighted by Gasteiger charge is 2.20. The van der Waals surface area contributed by atoms with Gasteiger partial charge in [0.1, 0.15) is 5.82 Å². The van der Waals surface area contributed by atoms with Crippen LogP contribution in [-0.2, 0) is 4.79 Å². The molecular weight excluding hydrogens is 436 g/mol. The van der Waals surface area contributed by atoms with Gasteiger partial charge in [0.05, 0.1) is 6.54 Å². The molecule has 2 heterocycles. The lowest BCUT2D eigenvalue weighted by Crippen LogP contribution is -2.51. The lowest BCUT2D eigenvalue weighted by molar-refractivity contribution is -0.123. The molecule has 0 saturated carbocycles. The molecule has 0 aliphatic carbocycles. The van der Waals surface area contributed by atoms with Gasteiger partial charge in [0.2, 0.25) is 5.91 Å². The molecule has 2 saturated heterocycles. The van der Waals surface area contributed by atoms with Gasteiger partial charge in [0, 0.05) is 44.3 Å². The Hall–Kier alpha value is -1.58. The Kier molecular flexibility index (Phi) is 7.27. The zero-order valence-electron chi connectivity index (χ0n) is 14.2. The monoisotopic (exact) mass is 461 g/mol. The molecule has 0 radical (unpaired) electrons. The molecule has 3 rings (SSSR count). The van der Waals surface area contributed by atoms with Crippen LogP contribution in [0.2, 0.25) is 0 Å². The summed E-state index contributed by atoms with van der Waals surface area (Å²) in [7, 11) is 0. The van der Waals surface area contributed by atoms with E-state index in [1.54, 1.807) is 12.1 Å². The molecular formula is C17H25FIN5O. The number of guanidine groups is 1. The van der Waals surface area contributed by atoms with Gasteiger partial charge in [0.25, 0.3) is 0 Å². The van der Waals surface area contributed by atoms with Crippen molar-refractivity contribution in [3.63, 3.8) is 0 Å². The molecule has 3 N–H and O–H groups in total. The molecule has 1 atom stereocenters. The number of anilines is 1. The topological polar surface area (TPSA) is 74.0 Å². The number of benzene rings is 1. The van der Waals surface area contributed by atoms with E-state index in [-0.39, 0.29) is 41.7 Å². The van der Waals surface area contributed by atoms with Crippen molar-refractivity contribution >= 4 is 41.5 Å². The Morgan fingerprint density at radius 2 is 1.92 bits per heavy atom. The van der Waals surface area contributed by atoms with Crippen LogP contribution in [0.15, 0.2) is 29.3 Å². The van der Waals surface area contributed by atoms with E-state index >= 15 is 0 Å². The van der Waals surface area contributed by atoms with Gasteiger partial charge >= 0.3 is 0 Å². The lowest BCUT2D eigenvalue weighted by Gasteiger charge is -2.36. The van der Waals surface area contributed by atoms with Crippen molar-refractivity contribution in [1.29, 1.82) is 0 Å². The van der Waals surface area contributed by atoms with Crippen LogP contribution in [0.3, 0.4) is 0 Å². The van der Waals surface area contributed by atoms with E-state index in [9.17, 15) is 9.18 Å². The highest BCUT2D eigenvalue weighted by Crippen LogP contribution is 2.17. The van der Waals surface area contributed by atoms with Gasteiger partial charge in [-0.15, -0.1) is 24.0 Å². The summed E-state index contributed by atoms with van der Waals surface area (Å²) < 4.78 is 13.0. The molecule has 1 amide bonds. The third kappa shape index (κ3) is 5.45. The first-order chi connectivity index (χ1) is 11.6. The minimum absolute atomic E-state index is 0. The minimum Gasteiger partial charge on any atom is -0.370 e. The van der Waals surface area contributed by atoms with E-state index < -0.39 is 0 Å². The summed E-state index contributed by atoms with van der Waals surface area (Å²) >= 11 is 0. The summed E-state index contributed by atoms with van der Waals surface area (Å²) in [6.07, 6.45) is 2.49. The smallest absolute Gasteiger partial charge is 0.220 e. The van der Waals surface area contributed by atoms with Crippen LogP contribution in [0.25, 0.3) is 0 Å². The summed E-state index contributed by atoms with van der Waals surface area (Å²) in [5, 5.41) is 2.95. The zero-order valence-corrected chi connectivity index (χ0v) is 16.5. The number of nitrogens with two attached hydrogens (primary N) is 1. The van der Waals surface area contributed by atoms with Gasteiger partial charge in [-0.2, -0.15) is 0 Å². The fourth-order valence-corrected chi connectivity index (χ4v) is 3.17. The maximum absolute atomic E-state index is 13.0. The summed E-state index contributed by atoms with van der Waals surface area (Å²) in [6, 6.07) is 6.67. The van der Waals surface area contributed by atoms with Gasteiger partial charge in [0.15, 0.2) is 5.96 Å². The van der Waals surface area contributed by atoms with Crippen LogP contribution < -0.4 is 16.0 Å². The number of piperidine rings is 1. The van der Waals surface area contributed by atoms with Gasteiger partial charge in [-0.05, 0) is 37.1 Å². The largest absolute Gasteiger partial charge is 0.370 e. The number of nitrogens with one attached hydrogen (secondary N) is 1. The quantitative estimate of drug-likeness (QED) is 0.407. The summed E-state index contributed by atoms with van der Waals surface area (Å²) in [6.45, 7) is 3.74. The Labute approximate surface area is 164 Å². The van der Waals surface area contributed by atoms with Crippen LogP contribution in [-0.4, -0.2) is 55.5 Å². The predicted molar refractivity (Wildman–Crippen MR) is 108 cm³/mol. The van der Waals surface area contributed by atoms with Crippen LogP contribution in [0, 0.1) is 5.82 Å². The molecule has 8 heteroatoms. The number of halogens is 2. The predicted octanol–water partition coefficient (Wildman–Crippen LogP) is 1.55. The number of hydrogen-bond donors (Lipinski definition) is 2. The molecule has 2 fully saturated rings. The van der Waals surface area contributed by atoms with Gasteiger partial charge < -0.3 is 20.9 Å². The minimum atomic E-state index is -0.219. The third-order valence-corrected chi connectivity index (χ3v) is 4.59. The second-order valence-electron chi connectivity index (χ2n) is 6.31. The Bertz CT molecular complexity index is 602. The van der Waals surface area contributed by atoms with E-state index in [1.807, 2.05) is 0 Å². The first-order valence-corrected chi connectivity index (χ1v) is 8.46. The molecule has 1 unspecified atom stereocenters. The van der Waals surface area contributed by atoms with E-state index in [4.69, 9.17) is 5.73 Å². The number of rotatable bonds is 3. The number of amides is 1. The SMILES string of the molecule is I.NC(=NCC1CCCC(=O)N1)N1CCN(c2ccc(F)cc2)CC1. The van der Waals surface area contributed by atoms with Gasteiger partial charge in [-0.3, -0.25) is 9.79 Å². The molecule has 25 heavy (non-hydrogen) atoms. The van der Waals surface area contributed by atoms with E-state index in [0.29, 0.717) is 18.9 Å². The molecule has 1 aromatic carbocycles. The lowest BCUT2D eigenvalue weighted by atomic mass is 10.0. The van der Waals surface area contributed by atoms with Crippen LogP contribution >= 0.6 is 24.0 Å². The summed E-state index contributed by atoms with van der Waals surface area (Å²) in [5.41, 5.74) is 7.12. The molecule has 0 aromatic heterocycles.